The van der Waals surface area contributed by atoms with Crippen molar-refractivity contribution in [3.05, 3.63) is 24.3 Å². The van der Waals surface area contributed by atoms with E-state index < -0.39 is 15.3 Å². The first-order valence-corrected chi connectivity index (χ1v) is 8.99. The summed E-state index contributed by atoms with van der Waals surface area (Å²) in [4.78, 5) is 0. The van der Waals surface area contributed by atoms with E-state index in [2.05, 4.69) is 10.0 Å². The Hall–Kier alpha value is -1.27. The molecule has 0 aliphatic heterocycles. The summed E-state index contributed by atoms with van der Waals surface area (Å²) in [5, 5.41) is 2.63. The van der Waals surface area contributed by atoms with Crippen molar-refractivity contribution in [2.45, 2.75) is 38.9 Å². The van der Waals surface area contributed by atoms with Gasteiger partial charge in [-0.25, -0.2) is 8.42 Å². The standard InChI is InChI=1S/C15H26N2O3S/c1-4-10-16-12-13(3)21(18,19)17-14-6-8-15(9-7-14)20-11-5-2/h6-9,13,16-17H,4-5,10-12H2,1-3H3. The zero-order chi connectivity index (χ0) is 15.7. The normalized spacial score (nSPS) is 12.9. The van der Waals surface area contributed by atoms with Crippen molar-refractivity contribution in [1.29, 1.82) is 0 Å². The quantitative estimate of drug-likeness (QED) is 0.651. The molecule has 21 heavy (non-hydrogen) atoms. The number of rotatable bonds is 10. The van der Waals surface area contributed by atoms with Crippen molar-refractivity contribution in [2.24, 2.45) is 0 Å². The molecule has 1 rings (SSSR count). The summed E-state index contributed by atoms with van der Waals surface area (Å²) in [7, 11) is -3.38. The van der Waals surface area contributed by atoms with Gasteiger partial charge in [0, 0.05) is 12.2 Å². The van der Waals surface area contributed by atoms with E-state index >= 15 is 0 Å². The summed E-state index contributed by atoms with van der Waals surface area (Å²) < 4.78 is 32.4. The van der Waals surface area contributed by atoms with Crippen LogP contribution in [0.25, 0.3) is 0 Å². The maximum absolute atomic E-state index is 12.2. The smallest absolute Gasteiger partial charge is 0.236 e. The summed E-state index contributed by atoms with van der Waals surface area (Å²) in [5.74, 6) is 0.748. The predicted molar refractivity (Wildman–Crippen MR) is 87.4 cm³/mol. The van der Waals surface area contributed by atoms with Gasteiger partial charge < -0.3 is 10.1 Å². The first-order chi connectivity index (χ1) is 9.99. The Labute approximate surface area is 128 Å². The van der Waals surface area contributed by atoms with Crippen LogP contribution in [0.5, 0.6) is 5.75 Å². The fraction of sp³-hybridized carbons (Fsp3) is 0.600. The van der Waals surface area contributed by atoms with Gasteiger partial charge in [0.15, 0.2) is 0 Å². The van der Waals surface area contributed by atoms with Crippen LogP contribution in [0.3, 0.4) is 0 Å². The van der Waals surface area contributed by atoms with Crippen molar-refractivity contribution in [2.75, 3.05) is 24.4 Å². The third-order valence-electron chi connectivity index (χ3n) is 2.98. The molecule has 0 saturated carbocycles. The Morgan fingerprint density at radius 3 is 2.38 bits per heavy atom. The molecule has 5 nitrogen and oxygen atoms in total. The molecule has 0 heterocycles. The highest BCUT2D eigenvalue weighted by Gasteiger charge is 2.20. The van der Waals surface area contributed by atoms with E-state index in [1.807, 2.05) is 13.8 Å². The van der Waals surface area contributed by atoms with Crippen molar-refractivity contribution < 1.29 is 13.2 Å². The van der Waals surface area contributed by atoms with E-state index in [9.17, 15) is 8.42 Å². The van der Waals surface area contributed by atoms with E-state index in [0.29, 0.717) is 18.8 Å². The predicted octanol–water partition coefficient (Wildman–Crippen LogP) is 2.61. The Balaban J connectivity index is 2.58. The highest BCUT2D eigenvalue weighted by atomic mass is 32.2. The SMILES string of the molecule is CCCNCC(C)S(=O)(=O)Nc1ccc(OCCC)cc1. The maximum Gasteiger partial charge on any atom is 0.236 e. The molecule has 0 aliphatic rings. The van der Waals surface area contributed by atoms with Gasteiger partial charge in [0.2, 0.25) is 10.0 Å². The molecule has 0 aliphatic carbocycles. The molecule has 2 N–H and O–H groups in total. The molecule has 0 amide bonds. The van der Waals surface area contributed by atoms with Crippen LogP contribution in [-0.4, -0.2) is 33.4 Å². The highest BCUT2D eigenvalue weighted by Crippen LogP contribution is 2.17. The van der Waals surface area contributed by atoms with E-state index in [4.69, 9.17) is 4.74 Å². The van der Waals surface area contributed by atoms with Crippen LogP contribution in [0.4, 0.5) is 5.69 Å². The molecular formula is C15H26N2O3S. The van der Waals surface area contributed by atoms with Crippen LogP contribution in [0.1, 0.15) is 33.6 Å². The van der Waals surface area contributed by atoms with Crippen LogP contribution < -0.4 is 14.8 Å². The van der Waals surface area contributed by atoms with Gasteiger partial charge in [-0.3, -0.25) is 4.72 Å². The van der Waals surface area contributed by atoms with E-state index in [0.717, 1.165) is 25.1 Å². The van der Waals surface area contributed by atoms with Crippen molar-refractivity contribution in [3.63, 3.8) is 0 Å². The molecule has 0 bridgehead atoms. The van der Waals surface area contributed by atoms with E-state index in [-0.39, 0.29) is 0 Å². The molecule has 0 radical (unpaired) electrons. The zero-order valence-electron chi connectivity index (χ0n) is 13.1. The van der Waals surface area contributed by atoms with Crippen molar-refractivity contribution in [1.82, 2.24) is 5.32 Å². The molecule has 6 heteroatoms. The molecule has 1 aromatic carbocycles. The average Bonchev–Trinajstić information content (AvgIpc) is 2.46. The topological polar surface area (TPSA) is 67.4 Å². The van der Waals surface area contributed by atoms with Gasteiger partial charge in [0.25, 0.3) is 0 Å². The minimum Gasteiger partial charge on any atom is -0.494 e. The largest absolute Gasteiger partial charge is 0.494 e. The second-order valence-corrected chi connectivity index (χ2v) is 7.13. The molecule has 1 atom stereocenters. The van der Waals surface area contributed by atoms with Crippen molar-refractivity contribution in [3.8, 4) is 5.75 Å². The van der Waals surface area contributed by atoms with Gasteiger partial charge in [-0.2, -0.15) is 0 Å². The first-order valence-electron chi connectivity index (χ1n) is 7.44. The average molecular weight is 314 g/mol. The zero-order valence-corrected chi connectivity index (χ0v) is 13.9. The lowest BCUT2D eigenvalue weighted by Crippen LogP contribution is -2.35. The van der Waals surface area contributed by atoms with E-state index in [1.54, 1.807) is 31.2 Å². The number of ether oxygens (including phenoxy) is 1. The minimum atomic E-state index is -3.38. The lowest BCUT2D eigenvalue weighted by Gasteiger charge is -2.15. The van der Waals surface area contributed by atoms with E-state index in [1.165, 1.54) is 0 Å². The highest BCUT2D eigenvalue weighted by molar-refractivity contribution is 7.93. The van der Waals surface area contributed by atoms with Crippen LogP contribution in [0, 0.1) is 0 Å². The van der Waals surface area contributed by atoms with Crippen molar-refractivity contribution >= 4 is 15.7 Å². The van der Waals surface area contributed by atoms with Gasteiger partial charge >= 0.3 is 0 Å². The third-order valence-corrected chi connectivity index (χ3v) is 4.72. The lowest BCUT2D eigenvalue weighted by atomic mass is 10.3. The molecule has 120 valence electrons. The van der Waals surface area contributed by atoms with Gasteiger partial charge in [0.05, 0.1) is 11.9 Å². The third kappa shape index (κ3) is 6.35. The fourth-order valence-corrected chi connectivity index (χ4v) is 2.70. The summed E-state index contributed by atoms with van der Waals surface area (Å²) >= 11 is 0. The fourth-order valence-electron chi connectivity index (χ4n) is 1.70. The molecule has 0 saturated heterocycles. The number of benzene rings is 1. The number of sulfonamides is 1. The summed E-state index contributed by atoms with van der Waals surface area (Å²) in [6, 6.07) is 6.98. The number of hydrogen-bond donors (Lipinski definition) is 2. The van der Waals surface area contributed by atoms with Gasteiger partial charge in [0.1, 0.15) is 5.75 Å². The van der Waals surface area contributed by atoms with Crippen LogP contribution in [0.15, 0.2) is 24.3 Å². The molecule has 0 fully saturated rings. The molecule has 0 spiro atoms. The molecule has 0 aromatic heterocycles. The van der Waals surface area contributed by atoms with Crippen LogP contribution in [-0.2, 0) is 10.0 Å². The second-order valence-electron chi connectivity index (χ2n) is 5.03. The Bertz CT molecular complexity index is 500. The van der Waals surface area contributed by atoms with Crippen LogP contribution in [0.2, 0.25) is 0 Å². The molecule has 1 unspecified atom stereocenters. The first kappa shape index (κ1) is 17.8. The number of nitrogens with one attached hydrogen (secondary N) is 2. The van der Waals surface area contributed by atoms with Crippen LogP contribution >= 0.6 is 0 Å². The maximum atomic E-state index is 12.2. The summed E-state index contributed by atoms with van der Waals surface area (Å²) in [6.07, 6.45) is 1.93. The van der Waals surface area contributed by atoms with Gasteiger partial charge in [-0.05, 0) is 50.6 Å². The number of anilines is 1. The summed E-state index contributed by atoms with van der Waals surface area (Å²) in [6.45, 7) is 7.71. The van der Waals surface area contributed by atoms with Gasteiger partial charge in [-0.1, -0.05) is 13.8 Å². The second kappa shape index (κ2) is 8.89. The Morgan fingerprint density at radius 1 is 1.14 bits per heavy atom. The Kier molecular flexibility index (Phi) is 7.53. The van der Waals surface area contributed by atoms with Gasteiger partial charge in [-0.15, -0.1) is 0 Å². The lowest BCUT2D eigenvalue weighted by molar-refractivity contribution is 0.317. The molecule has 1 aromatic rings. The molecular weight excluding hydrogens is 288 g/mol. The summed E-state index contributed by atoms with van der Waals surface area (Å²) in [5.41, 5.74) is 0.557. The number of hydrogen-bond acceptors (Lipinski definition) is 4. The monoisotopic (exact) mass is 314 g/mol. The minimum absolute atomic E-state index is 0.445. The Morgan fingerprint density at radius 2 is 1.81 bits per heavy atom.